The van der Waals surface area contributed by atoms with Gasteiger partial charge in [0.25, 0.3) is 0 Å². The van der Waals surface area contributed by atoms with Crippen molar-refractivity contribution in [2.24, 2.45) is 5.41 Å². The van der Waals surface area contributed by atoms with Crippen LogP contribution in [0.3, 0.4) is 0 Å². The number of rotatable bonds is 6. The van der Waals surface area contributed by atoms with Crippen LogP contribution in [0.25, 0.3) is 0 Å². The van der Waals surface area contributed by atoms with Gasteiger partial charge in [0, 0.05) is 34.3 Å². The number of carbonyl (C=O) groups is 2. The predicted molar refractivity (Wildman–Crippen MR) is 167 cm³/mol. The van der Waals surface area contributed by atoms with Gasteiger partial charge in [-0.25, -0.2) is 17.5 Å². The molecule has 5 rings (SSSR count). The normalized spacial score (nSPS) is 30.7. The van der Waals surface area contributed by atoms with Gasteiger partial charge in [-0.3, -0.25) is 9.59 Å². The van der Waals surface area contributed by atoms with Crippen molar-refractivity contribution >= 4 is 50.7 Å². The van der Waals surface area contributed by atoms with E-state index in [-0.39, 0.29) is 33.9 Å². The lowest BCUT2D eigenvalue weighted by Crippen LogP contribution is -2.53. The second-order valence-electron chi connectivity index (χ2n) is 13.8. The van der Waals surface area contributed by atoms with Crippen LogP contribution in [0.1, 0.15) is 76.8 Å². The van der Waals surface area contributed by atoms with E-state index >= 15 is 4.39 Å². The molecule has 2 fully saturated rings. The highest BCUT2D eigenvalue weighted by Gasteiger charge is 2.66. The smallest absolute Gasteiger partial charge is 0.238 e. The van der Waals surface area contributed by atoms with E-state index in [1.165, 1.54) is 6.07 Å². The van der Waals surface area contributed by atoms with Crippen molar-refractivity contribution < 1.29 is 22.4 Å². The van der Waals surface area contributed by atoms with Gasteiger partial charge in [0.15, 0.2) is 0 Å². The average Bonchev–Trinajstić information content (AvgIpc) is 3.35. The van der Waals surface area contributed by atoms with Gasteiger partial charge in [0.2, 0.25) is 21.8 Å². The fourth-order valence-corrected chi connectivity index (χ4v) is 8.85. The van der Waals surface area contributed by atoms with Gasteiger partial charge in [-0.2, -0.15) is 0 Å². The van der Waals surface area contributed by atoms with Gasteiger partial charge < -0.3 is 16.0 Å². The standard InChI is InChI=1S/C31H39Cl2FN4O4S/c1-29(2,3)16-23-31(20-10-9-17(32)15-22(20)36-28(31)40)24(19-7-6-8-21(33)25(19)34)26(37-23)27(39)35-18-11-13-30(4,14-12-18)38-43(5,41)42/h6-10,15,18,23-24,26,37-38H,11-14,16H2,1-5H3,(H,35,39)(H,36,40)/t18-,23-,24+,26-,30+,31+/m1/s1. The second-order valence-corrected chi connectivity index (χ2v) is 16.4. The van der Waals surface area contributed by atoms with Gasteiger partial charge in [-0.05, 0) is 73.8 Å². The molecule has 3 aliphatic rings. The van der Waals surface area contributed by atoms with E-state index in [2.05, 4.69) is 41.4 Å². The molecular weight excluding hydrogens is 614 g/mol. The number of hydrogen-bond donors (Lipinski definition) is 4. The minimum absolute atomic E-state index is 0.0919. The highest BCUT2D eigenvalue weighted by molar-refractivity contribution is 7.88. The summed E-state index contributed by atoms with van der Waals surface area (Å²) in [4.78, 5) is 28.5. The highest BCUT2D eigenvalue weighted by atomic mass is 35.5. The van der Waals surface area contributed by atoms with Crippen molar-refractivity contribution in [1.29, 1.82) is 0 Å². The Bertz CT molecular complexity index is 1560. The number of halogens is 3. The Balaban J connectivity index is 1.56. The molecule has 12 heteroatoms. The molecule has 2 aromatic rings. The molecule has 1 aliphatic carbocycles. The number of sulfonamides is 1. The molecule has 2 aliphatic heterocycles. The van der Waals surface area contributed by atoms with Gasteiger partial charge in [-0.15, -0.1) is 0 Å². The lowest BCUT2D eigenvalue weighted by Gasteiger charge is -2.38. The number of benzene rings is 2. The number of fused-ring (bicyclic) bond motifs is 2. The van der Waals surface area contributed by atoms with Crippen LogP contribution in [-0.4, -0.2) is 50.2 Å². The van der Waals surface area contributed by atoms with Crippen LogP contribution >= 0.6 is 23.2 Å². The fraction of sp³-hybridized carbons (Fsp3) is 0.548. The number of amides is 2. The SMILES string of the molecule is CC(C)(C)C[C@H]1N[C@@H](C(=O)N[C@H]2CC[C@@](C)(NS(C)(=O)=O)CC2)[C@H](c2cccc(Cl)c2F)[C@@]12C(=O)Nc1cc(Cl)ccc12. The van der Waals surface area contributed by atoms with Gasteiger partial charge in [0.1, 0.15) is 11.2 Å². The third kappa shape index (κ3) is 6.18. The minimum atomic E-state index is -3.39. The summed E-state index contributed by atoms with van der Waals surface area (Å²) < 4.78 is 42.4. The predicted octanol–water partition coefficient (Wildman–Crippen LogP) is 5.25. The molecule has 2 aromatic carbocycles. The first-order chi connectivity index (χ1) is 19.9. The Hall–Kier alpha value is -2.24. The summed E-state index contributed by atoms with van der Waals surface area (Å²) >= 11 is 12.6. The first kappa shape index (κ1) is 32.2. The molecule has 43 heavy (non-hydrogen) atoms. The molecule has 1 saturated carbocycles. The summed E-state index contributed by atoms with van der Waals surface area (Å²) in [5, 5.41) is 9.98. The van der Waals surface area contributed by atoms with Crippen molar-refractivity contribution in [2.45, 2.75) is 94.8 Å². The van der Waals surface area contributed by atoms with Crippen molar-refractivity contribution in [3.8, 4) is 0 Å². The van der Waals surface area contributed by atoms with Crippen molar-refractivity contribution in [3.05, 3.63) is 63.4 Å². The van der Waals surface area contributed by atoms with Crippen molar-refractivity contribution in [3.63, 3.8) is 0 Å². The maximum atomic E-state index is 15.9. The zero-order valence-corrected chi connectivity index (χ0v) is 27.3. The van der Waals surface area contributed by atoms with E-state index in [0.29, 0.717) is 48.4 Å². The summed E-state index contributed by atoms with van der Waals surface area (Å²) in [6.07, 6.45) is 3.87. The third-order valence-corrected chi connectivity index (χ3v) is 10.5. The van der Waals surface area contributed by atoms with E-state index in [1.54, 1.807) is 30.3 Å². The van der Waals surface area contributed by atoms with Gasteiger partial charge in [-0.1, -0.05) is 62.2 Å². The first-order valence-corrected chi connectivity index (χ1v) is 17.2. The second kappa shape index (κ2) is 11.3. The molecule has 4 atom stereocenters. The fourth-order valence-electron chi connectivity index (χ4n) is 7.39. The monoisotopic (exact) mass is 652 g/mol. The lowest BCUT2D eigenvalue weighted by atomic mass is 9.62. The molecule has 8 nitrogen and oxygen atoms in total. The summed E-state index contributed by atoms with van der Waals surface area (Å²) in [5.41, 5.74) is -0.792. The third-order valence-electron chi connectivity index (χ3n) is 9.09. The lowest BCUT2D eigenvalue weighted by molar-refractivity contribution is -0.124. The molecule has 1 spiro atoms. The molecule has 0 unspecified atom stereocenters. The van der Waals surface area contributed by atoms with Crippen LogP contribution in [0.2, 0.25) is 10.0 Å². The van der Waals surface area contributed by atoms with Crippen LogP contribution < -0.4 is 20.7 Å². The summed E-state index contributed by atoms with van der Waals surface area (Å²) in [5.74, 6) is -2.27. The minimum Gasteiger partial charge on any atom is -0.352 e. The van der Waals surface area contributed by atoms with Crippen molar-refractivity contribution in [1.82, 2.24) is 15.4 Å². The largest absolute Gasteiger partial charge is 0.352 e. The van der Waals surface area contributed by atoms with Crippen LogP contribution in [-0.2, 0) is 25.0 Å². The van der Waals surface area contributed by atoms with Crippen LogP contribution in [0.5, 0.6) is 0 Å². The molecule has 234 valence electrons. The Morgan fingerprint density at radius 2 is 1.81 bits per heavy atom. The summed E-state index contributed by atoms with van der Waals surface area (Å²) in [7, 11) is -3.39. The highest BCUT2D eigenvalue weighted by Crippen LogP contribution is 2.57. The Morgan fingerprint density at radius 1 is 1.14 bits per heavy atom. The topological polar surface area (TPSA) is 116 Å². The molecule has 0 radical (unpaired) electrons. The molecular formula is C31H39Cl2FN4O4S. The van der Waals surface area contributed by atoms with E-state index in [0.717, 1.165) is 6.26 Å². The van der Waals surface area contributed by atoms with Gasteiger partial charge >= 0.3 is 0 Å². The van der Waals surface area contributed by atoms with E-state index in [1.807, 2.05) is 6.92 Å². The zero-order chi connectivity index (χ0) is 31.5. The number of hydrogen-bond acceptors (Lipinski definition) is 5. The Morgan fingerprint density at radius 3 is 2.44 bits per heavy atom. The maximum Gasteiger partial charge on any atom is 0.238 e. The quantitative estimate of drug-likeness (QED) is 0.340. The van der Waals surface area contributed by atoms with E-state index < -0.39 is 44.8 Å². The average molecular weight is 654 g/mol. The van der Waals surface area contributed by atoms with Crippen LogP contribution in [0.4, 0.5) is 10.1 Å². The zero-order valence-electron chi connectivity index (χ0n) is 25.0. The van der Waals surface area contributed by atoms with E-state index in [4.69, 9.17) is 23.2 Å². The molecule has 2 amide bonds. The van der Waals surface area contributed by atoms with E-state index in [9.17, 15) is 18.0 Å². The van der Waals surface area contributed by atoms with Gasteiger partial charge in [0.05, 0.1) is 17.3 Å². The Labute approximate surface area is 262 Å². The molecule has 0 bridgehead atoms. The number of anilines is 1. The molecule has 1 saturated heterocycles. The number of carbonyl (C=O) groups excluding carboxylic acids is 2. The Kier molecular flexibility index (Phi) is 8.44. The molecule has 2 heterocycles. The number of nitrogens with one attached hydrogen (secondary N) is 4. The van der Waals surface area contributed by atoms with Crippen molar-refractivity contribution in [2.75, 3.05) is 11.6 Å². The summed E-state index contributed by atoms with van der Waals surface area (Å²) in [6.45, 7) is 8.05. The molecule has 0 aromatic heterocycles. The van der Waals surface area contributed by atoms with Crippen LogP contribution in [0, 0.1) is 11.2 Å². The maximum absolute atomic E-state index is 15.9. The molecule has 4 N–H and O–H groups in total. The first-order valence-electron chi connectivity index (χ1n) is 14.5. The van der Waals surface area contributed by atoms with Crippen LogP contribution in [0.15, 0.2) is 36.4 Å². The summed E-state index contributed by atoms with van der Waals surface area (Å²) in [6, 6.07) is 8.15.